The summed E-state index contributed by atoms with van der Waals surface area (Å²) in [6.45, 7) is 0.837. The fourth-order valence-electron chi connectivity index (χ4n) is 2.29. The number of hydrogen-bond donors (Lipinski definition) is 0. The van der Waals surface area contributed by atoms with Crippen molar-refractivity contribution in [2.45, 2.75) is 12.5 Å². The van der Waals surface area contributed by atoms with E-state index in [0.717, 1.165) is 6.26 Å². The van der Waals surface area contributed by atoms with E-state index < -0.39 is 21.7 Å². The van der Waals surface area contributed by atoms with Gasteiger partial charge in [0, 0.05) is 26.2 Å². The summed E-state index contributed by atoms with van der Waals surface area (Å²) in [5.74, 6) is -1.84. The molecule has 1 heterocycles. The summed E-state index contributed by atoms with van der Waals surface area (Å²) in [6, 6.07) is 2.71. The van der Waals surface area contributed by atoms with E-state index in [4.69, 9.17) is 0 Å². The Kier molecular flexibility index (Phi) is 4.36. The van der Waals surface area contributed by atoms with Crippen LogP contribution in [0.1, 0.15) is 6.42 Å². The second-order valence-electron chi connectivity index (χ2n) is 4.86. The van der Waals surface area contributed by atoms with Crippen LogP contribution in [0.5, 0.6) is 0 Å². The molecule has 112 valence electrons. The van der Waals surface area contributed by atoms with Crippen LogP contribution in [0.2, 0.25) is 0 Å². The molecular weight excluding hydrogens is 354 g/mol. The van der Waals surface area contributed by atoms with Crippen LogP contribution in [-0.4, -0.2) is 45.2 Å². The van der Waals surface area contributed by atoms with Crippen LogP contribution in [-0.2, 0) is 10.0 Å². The maximum atomic E-state index is 13.9. The molecule has 1 aliphatic heterocycles. The van der Waals surface area contributed by atoms with Crippen molar-refractivity contribution in [3.8, 4) is 0 Å². The highest BCUT2D eigenvalue weighted by molar-refractivity contribution is 9.10. The second kappa shape index (κ2) is 5.57. The molecule has 0 N–H and O–H groups in total. The summed E-state index contributed by atoms with van der Waals surface area (Å²) in [5.41, 5.74) is 0.162. The monoisotopic (exact) mass is 368 g/mol. The average molecular weight is 369 g/mol. The molecule has 0 aromatic heterocycles. The zero-order valence-electron chi connectivity index (χ0n) is 11.1. The first-order valence-electron chi connectivity index (χ1n) is 6.03. The van der Waals surface area contributed by atoms with Crippen molar-refractivity contribution in [3.63, 3.8) is 0 Å². The van der Waals surface area contributed by atoms with Crippen LogP contribution < -0.4 is 4.90 Å². The van der Waals surface area contributed by atoms with Crippen LogP contribution in [0, 0.1) is 11.6 Å². The minimum Gasteiger partial charge on any atom is -0.367 e. The molecule has 0 radical (unpaired) electrons. The van der Waals surface area contributed by atoms with Gasteiger partial charge in [0.25, 0.3) is 0 Å². The first-order valence-corrected chi connectivity index (χ1v) is 8.67. The van der Waals surface area contributed by atoms with Gasteiger partial charge in [0.2, 0.25) is 10.0 Å². The van der Waals surface area contributed by atoms with Gasteiger partial charge in [0.15, 0.2) is 11.6 Å². The van der Waals surface area contributed by atoms with Crippen LogP contribution in [0.15, 0.2) is 16.6 Å². The van der Waals surface area contributed by atoms with Crippen molar-refractivity contribution < 1.29 is 17.2 Å². The van der Waals surface area contributed by atoms with Crippen LogP contribution >= 0.6 is 15.9 Å². The molecule has 1 fully saturated rings. The molecule has 1 saturated heterocycles. The first-order chi connectivity index (χ1) is 9.21. The van der Waals surface area contributed by atoms with E-state index in [1.54, 1.807) is 4.90 Å². The van der Waals surface area contributed by atoms with E-state index in [2.05, 4.69) is 15.9 Å². The molecule has 20 heavy (non-hydrogen) atoms. The highest BCUT2D eigenvalue weighted by Gasteiger charge is 2.31. The number of hydrogen-bond acceptors (Lipinski definition) is 3. The lowest BCUT2D eigenvalue weighted by molar-refractivity contribution is 0.393. The number of likely N-dealkylation sites (N-methyl/N-ethyl adjacent to an activating group) is 1. The molecule has 4 nitrogen and oxygen atoms in total. The Morgan fingerprint density at radius 2 is 2.00 bits per heavy atom. The quantitative estimate of drug-likeness (QED) is 0.768. The van der Waals surface area contributed by atoms with Gasteiger partial charge in [0.05, 0.1) is 16.4 Å². The molecule has 0 amide bonds. The van der Waals surface area contributed by atoms with E-state index in [1.807, 2.05) is 0 Å². The predicted octanol–water partition coefficient (Wildman–Crippen LogP) is 2.20. The maximum absolute atomic E-state index is 13.9. The second-order valence-corrected chi connectivity index (χ2v) is 7.76. The summed E-state index contributed by atoms with van der Waals surface area (Å²) in [7, 11) is -1.78. The highest BCUT2D eigenvalue weighted by Crippen LogP contribution is 2.30. The Labute approximate surface area is 125 Å². The van der Waals surface area contributed by atoms with Crippen molar-refractivity contribution in [1.29, 1.82) is 0 Å². The van der Waals surface area contributed by atoms with E-state index >= 15 is 0 Å². The molecule has 8 heteroatoms. The molecule has 0 spiro atoms. The van der Waals surface area contributed by atoms with Crippen molar-refractivity contribution in [1.82, 2.24) is 4.31 Å². The van der Waals surface area contributed by atoms with E-state index in [1.165, 1.54) is 23.5 Å². The van der Waals surface area contributed by atoms with Crippen molar-refractivity contribution in [3.05, 3.63) is 28.2 Å². The number of benzene rings is 1. The van der Waals surface area contributed by atoms with Crippen LogP contribution in [0.3, 0.4) is 0 Å². The van der Waals surface area contributed by atoms with Gasteiger partial charge in [-0.3, -0.25) is 0 Å². The van der Waals surface area contributed by atoms with E-state index in [9.17, 15) is 17.2 Å². The van der Waals surface area contributed by atoms with Gasteiger partial charge in [-0.25, -0.2) is 21.5 Å². The van der Waals surface area contributed by atoms with E-state index in [0.29, 0.717) is 19.5 Å². The summed E-state index contributed by atoms with van der Waals surface area (Å²) in [5, 5.41) is 0. The lowest BCUT2D eigenvalue weighted by Gasteiger charge is -2.23. The topological polar surface area (TPSA) is 40.6 Å². The number of halogens is 3. The molecule has 0 unspecified atom stereocenters. The van der Waals surface area contributed by atoms with Crippen LogP contribution in [0.4, 0.5) is 14.5 Å². The maximum Gasteiger partial charge on any atom is 0.211 e. The Balaban J connectivity index is 2.20. The lowest BCUT2D eigenvalue weighted by atomic mass is 10.2. The molecule has 1 aromatic carbocycles. The van der Waals surface area contributed by atoms with Gasteiger partial charge in [-0.15, -0.1) is 0 Å². The van der Waals surface area contributed by atoms with Crippen LogP contribution in [0.25, 0.3) is 0 Å². The van der Waals surface area contributed by atoms with Gasteiger partial charge in [0.1, 0.15) is 0 Å². The van der Waals surface area contributed by atoms with Crippen molar-refractivity contribution >= 4 is 31.6 Å². The SMILES string of the molecule is CN([C@H]1CCN(c2ccc(Br)c(F)c2F)C1)S(C)(=O)=O. The summed E-state index contributed by atoms with van der Waals surface area (Å²) >= 11 is 2.93. The molecule has 1 aromatic rings. The van der Waals surface area contributed by atoms with Gasteiger partial charge in [-0.2, -0.15) is 0 Å². The van der Waals surface area contributed by atoms with Gasteiger partial charge in [-0.1, -0.05) is 0 Å². The standard InChI is InChI=1S/C12H15BrF2N2O2S/c1-16(20(2,18)19)8-5-6-17(7-8)10-4-3-9(13)11(14)12(10)15/h3-4,8H,5-7H2,1-2H3/t8-/m0/s1. The van der Waals surface area contributed by atoms with Crippen molar-refractivity contribution in [2.24, 2.45) is 0 Å². The minimum absolute atomic E-state index is 0.0720. The summed E-state index contributed by atoms with van der Waals surface area (Å²) in [4.78, 5) is 1.66. The zero-order valence-corrected chi connectivity index (χ0v) is 13.5. The fourth-order valence-corrected chi connectivity index (χ4v) is 3.31. The van der Waals surface area contributed by atoms with Gasteiger partial charge < -0.3 is 4.90 Å². The number of sulfonamides is 1. The fraction of sp³-hybridized carbons (Fsp3) is 0.500. The smallest absolute Gasteiger partial charge is 0.211 e. The number of nitrogens with zero attached hydrogens (tertiary/aromatic N) is 2. The molecule has 1 aliphatic rings. The van der Waals surface area contributed by atoms with Gasteiger partial charge in [-0.05, 0) is 34.5 Å². The predicted molar refractivity (Wildman–Crippen MR) is 77.3 cm³/mol. The molecule has 1 atom stereocenters. The van der Waals surface area contributed by atoms with Crippen molar-refractivity contribution in [2.75, 3.05) is 31.3 Å². The minimum atomic E-state index is -3.29. The number of anilines is 1. The zero-order chi connectivity index (χ0) is 15.1. The average Bonchev–Trinajstić information content (AvgIpc) is 2.83. The third-order valence-corrected chi connectivity index (χ3v) is 5.51. The molecule has 0 aliphatic carbocycles. The van der Waals surface area contributed by atoms with Gasteiger partial charge >= 0.3 is 0 Å². The molecular formula is C12H15BrF2N2O2S. The lowest BCUT2D eigenvalue weighted by Crippen LogP contribution is -2.38. The molecule has 2 rings (SSSR count). The summed E-state index contributed by atoms with van der Waals surface area (Å²) < 4.78 is 51.8. The highest BCUT2D eigenvalue weighted by atomic mass is 79.9. The Bertz CT molecular complexity index is 624. The number of rotatable bonds is 3. The Morgan fingerprint density at radius 3 is 2.60 bits per heavy atom. The largest absolute Gasteiger partial charge is 0.367 e. The third kappa shape index (κ3) is 2.96. The molecule has 0 bridgehead atoms. The third-order valence-electron chi connectivity index (χ3n) is 3.56. The normalized spacial score (nSPS) is 19.9. The molecule has 0 saturated carbocycles. The van der Waals surface area contributed by atoms with E-state index in [-0.39, 0.29) is 16.2 Å². The summed E-state index contributed by atoms with van der Waals surface area (Å²) in [6.07, 6.45) is 1.72. The Morgan fingerprint density at radius 1 is 1.35 bits per heavy atom. The first kappa shape index (κ1) is 15.7. The Hall–Kier alpha value is -0.730.